The lowest BCUT2D eigenvalue weighted by Crippen LogP contribution is -2.52. The summed E-state index contributed by atoms with van der Waals surface area (Å²) in [4.78, 5) is 12.0. The predicted molar refractivity (Wildman–Crippen MR) is 115 cm³/mol. The van der Waals surface area contributed by atoms with Crippen LogP contribution in [0.5, 0.6) is 0 Å². The first-order valence-corrected chi connectivity index (χ1v) is 11.0. The van der Waals surface area contributed by atoms with Crippen LogP contribution in [0.3, 0.4) is 0 Å². The Bertz CT molecular complexity index is 566. The van der Waals surface area contributed by atoms with Crippen LogP contribution in [-0.4, -0.2) is 75.1 Å². The van der Waals surface area contributed by atoms with Crippen molar-refractivity contribution in [1.29, 1.82) is 0 Å². The van der Waals surface area contributed by atoms with E-state index in [1.165, 1.54) is 7.11 Å². The third kappa shape index (κ3) is 8.24. The summed E-state index contributed by atoms with van der Waals surface area (Å²) in [6.07, 6.45) is -1.22. The minimum atomic E-state index is -0.842. The van der Waals surface area contributed by atoms with Gasteiger partial charge < -0.3 is 38.9 Å². The van der Waals surface area contributed by atoms with Crippen LogP contribution in [0, 0.1) is 5.92 Å². The van der Waals surface area contributed by atoms with Crippen LogP contribution in [0.4, 0.5) is 0 Å². The van der Waals surface area contributed by atoms with Crippen LogP contribution < -0.4 is 5.73 Å². The number of rotatable bonds is 9. The number of hydrogen-bond donors (Lipinski definition) is 1. The van der Waals surface area contributed by atoms with Gasteiger partial charge in [-0.1, -0.05) is 13.8 Å². The monoisotopic (exact) mass is 449 g/mol. The van der Waals surface area contributed by atoms with E-state index in [0.29, 0.717) is 6.61 Å². The van der Waals surface area contributed by atoms with Crippen LogP contribution in [0.15, 0.2) is 0 Å². The second kappa shape index (κ2) is 11.4. The number of ether oxygens (including phenoxy) is 7. The Morgan fingerprint density at radius 2 is 1.71 bits per heavy atom. The summed E-state index contributed by atoms with van der Waals surface area (Å²) in [6.45, 7) is 15.5. The van der Waals surface area contributed by atoms with Crippen molar-refractivity contribution < 1.29 is 38.0 Å². The Morgan fingerprint density at radius 1 is 1.10 bits per heavy atom. The zero-order valence-electron chi connectivity index (χ0n) is 20.9. The van der Waals surface area contributed by atoms with Crippen LogP contribution in [-0.2, 0) is 38.0 Å². The van der Waals surface area contributed by atoms with Crippen molar-refractivity contribution in [1.82, 2.24) is 0 Å². The van der Waals surface area contributed by atoms with Gasteiger partial charge in [0.1, 0.15) is 18.3 Å². The second-order valence-corrected chi connectivity index (χ2v) is 8.96. The van der Waals surface area contributed by atoms with Gasteiger partial charge in [-0.05, 0) is 41.5 Å². The number of hydrogen-bond acceptors (Lipinski definition) is 9. The lowest BCUT2D eigenvalue weighted by atomic mass is 9.89. The van der Waals surface area contributed by atoms with Crippen LogP contribution in [0.1, 0.15) is 61.8 Å². The molecule has 2 aliphatic rings. The number of nitrogens with two attached hydrogens (primary N) is 1. The first-order chi connectivity index (χ1) is 14.3. The molecule has 9 heteroatoms. The van der Waals surface area contributed by atoms with Crippen LogP contribution in [0.25, 0.3) is 0 Å². The van der Waals surface area contributed by atoms with Gasteiger partial charge in [-0.3, -0.25) is 4.79 Å². The highest BCUT2D eigenvalue weighted by Gasteiger charge is 2.52. The first-order valence-electron chi connectivity index (χ1n) is 11.0. The maximum absolute atomic E-state index is 12.0. The Labute approximate surface area is 187 Å². The summed E-state index contributed by atoms with van der Waals surface area (Å²) < 4.78 is 40.0. The van der Waals surface area contributed by atoms with Crippen molar-refractivity contribution in [2.45, 2.75) is 104 Å². The van der Waals surface area contributed by atoms with Crippen molar-refractivity contribution in [3.05, 3.63) is 0 Å². The van der Waals surface area contributed by atoms with Gasteiger partial charge in [0.15, 0.2) is 17.4 Å². The molecule has 9 nitrogen and oxygen atoms in total. The number of carbonyl (C=O) groups is 1. The molecule has 184 valence electrons. The molecule has 0 aromatic carbocycles. The normalized spacial score (nSPS) is 29.1. The zero-order valence-corrected chi connectivity index (χ0v) is 20.9. The maximum Gasteiger partial charge on any atom is 0.305 e. The van der Waals surface area contributed by atoms with Gasteiger partial charge >= 0.3 is 5.97 Å². The number of methoxy groups -OCH3 is 2. The molecule has 5 atom stereocenters. The van der Waals surface area contributed by atoms with Gasteiger partial charge in [-0.2, -0.15) is 0 Å². The minimum Gasteiger partial charge on any atom is -0.469 e. The summed E-state index contributed by atoms with van der Waals surface area (Å²) in [5, 5.41) is 0. The van der Waals surface area contributed by atoms with Gasteiger partial charge in [0.25, 0.3) is 0 Å². The predicted octanol–water partition coefficient (Wildman–Crippen LogP) is 2.59. The van der Waals surface area contributed by atoms with Crippen molar-refractivity contribution in [2.24, 2.45) is 11.7 Å². The SMILES string of the molecule is CC.COC(=O)C[C@@H](COC(C)(C)OC)C(N)[C@H]1OC(C)(C)OC1[C@@H]1COC(C)(C)O1. The lowest BCUT2D eigenvalue weighted by Gasteiger charge is -2.33. The van der Waals surface area contributed by atoms with E-state index in [0.717, 1.165) is 0 Å². The molecule has 0 aliphatic carbocycles. The summed E-state index contributed by atoms with van der Waals surface area (Å²) in [5.74, 6) is -3.11. The molecule has 0 aromatic rings. The van der Waals surface area contributed by atoms with Crippen LogP contribution >= 0.6 is 0 Å². The van der Waals surface area contributed by atoms with Crippen molar-refractivity contribution in [2.75, 3.05) is 27.4 Å². The smallest absolute Gasteiger partial charge is 0.305 e. The van der Waals surface area contributed by atoms with E-state index in [9.17, 15) is 4.79 Å². The molecule has 0 saturated carbocycles. The van der Waals surface area contributed by atoms with E-state index in [1.807, 2.05) is 41.5 Å². The van der Waals surface area contributed by atoms with Gasteiger partial charge in [0.05, 0.1) is 26.7 Å². The largest absolute Gasteiger partial charge is 0.469 e. The number of carbonyl (C=O) groups excluding carboxylic acids is 1. The summed E-state index contributed by atoms with van der Waals surface area (Å²) in [7, 11) is 2.90. The summed E-state index contributed by atoms with van der Waals surface area (Å²) in [5.41, 5.74) is 6.61. The fourth-order valence-corrected chi connectivity index (χ4v) is 3.52. The molecule has 2 unspecified atom stereocenters. The molecular weight excluding hydrogens is 406 g/mol. The van der Waals surface area contributed by atoms with Crippen molar-refractivity contribution in [3.8, 4) is 0 Å². The van der Waals surface area contributed by atoms with E-state index in [1.54, 1.807) is 21.0 Å². The first kappa shape index (κ1) is 28.2. The van der Waals surface area contributed by atoms with Gasteiger partial charge in [-0.15, -0.1) is 0 Å². The Kier molecular flexibility index (Phi) is 10.3. The molecule has 2 saturated heterocycles. The molecule has 2 aliphatic heterocycles. The fourth-order valence-electron chi connectivity index (χ4n) is 3.52. The third-order valence-electron chi connectivity index (χ3n) is 5.28. The Hall–Kier alpha value is -0.810. The average Bonchev–Trinajstić information content (AvgIpc) is 3.24. The van der Waals surface area contributed by atoms with Crippen molar-refractivity contribution in [3.63, 3.8) is 0 Å². The summed E-state index contributed by atoms with van der Waals surface area (Å²) in [6, 6.07) is -0.569. The molecule has 2 heterocycles. The Balaban J connectivity index is 0.00000233. The van der Waals surface area contributed by atoms with E-state index in [2.05, 4.69) is 0 Å². The maximum atomic E-state index is 12.0. The summed E-state index contributed by atoms with van der Waals surface area (Å²) >= 11 is 0. The van der Waals surface area contributed by atoms with Crippen molar-refractivity contribution >= 4 is 5.97 Å². The lowest BCUT2D eigenvalue weighted by molar-refractivity contribution is -0.207. The fraction of sp³-hybridized carbons (Fsp3) is 0.955. The highest BCUT2D eigenvalue weighted by Crippen LogP contribution is 2.38. The number of esters is 1. The molecule has 0 aromatic heterocycles. The van der Waals surface area contributed by atoms with Gasteiger partial charge in [0, 0.05) is 19.1 Å². The molecule has 2 rings (SSSR count). The topological polar surface area (TPSA) is 108 Å². The molecule has 0 amide bonds. The molecule has 2 N–H and O–H groups in total. The van der Waals surface area contributed by atoms with Crippen LogP contribution in [0.2, 0.25) is 0 Å². The molecular formula is C22H43NO8. The standard InChI is InChI=1S/C20H37NO8.C2H6/c1-18(2,24-8)25-10-12(9-14(22)23-7)15(21)17-16(28-20(5,6)29-17)13-11-26-19(3,4)27-13;1-2/h12-13,15-17H,9-11,21H2,1-8H3;1-2H3/t12-,13-,15?,16?,17+;/m0./s1. The Morgan fingerprint density at radius 3 is 2.19 bits per heavy atom. The van der Waals surface area contributed by atoms with E-state index < -0.39 is 35.6 Å². The molecule has 0 radical (unpaired) electrons. The molecule has 0 bridgehead atoms. The third-order valence-corrected chi connectivity index (χ3v) is 5.28. The van der Waals surface area contributed by atoms with Gasteiger partial charge in [-0.25, -0.2) is 0 Å². The second-order valence-electron chi connectivity index (χ2n) is 8.96. The molecule has 31 heavy (non-hydrogen) atoms. The van der Waals surface area contributed by atoms with Gasteiger partial charge in [0.2, 0.25) is 0 Å². The molecule has 2 fully saturated rings. The molecule has 0 spiro atoms. The minimum absolute atomic E-state index is 0.0813. The average molecular weight is 450 g/mol. The van der Waals surface area contributed by atoms with E-state index in [-0.39, 0.29) is 31.0 Å². The van der Waals surface area contributed by atoms with E-state index in [4.69, 9.17) is 38.9 Å². The quantitative estimate of drug-likeness (QED) is 0.420. The highest BCUT2D eigenvalue weighted by molar-refractivity contribution is 5.69. The zero-order chi connectivity index (χ0) is 24.0. The highest BCUT2D eigenvalue weighted by atomic mass is 16.8. The van der Waals surface area contributed by atoms with E-state index >= 15 is 0 Å².